The Morgan fingerprint density at radius 2 is 0.942 bits per heavy atom. The monoisotopic (exact) mass is 663 g/mol. The summed E-state index contributed by atoms with van der Waals surface area (Å²) in [6.45, 7) is 0. The Hall–Kier alpha value is -6.90. The number of anilines is 3. The molecule has 0 bridgehead atoms. The third-order valence-corrected chi connectivity index (χ3v) is 10.2. The zero-order chi connectivity index (χ0) is 34.4. The average molecular weight is 664 g/mol. The summed E-state index contributed by atoms with van der Waals surface area (Å²) in [5, 5.41) is 7.06. The van der Waals surface area contributed by atoms with E-state index in [2.05, 4.69) is 205 Å². The fourth-order valence-corrected chi connectivity index (χ4v) is 7.66. The van der Waals surface area contributed by atoms with E-state index < -0.39 is 0 Å². The van der Waals surface area contributed by atoms with Crippen molar-refractivity contribution >= 4 is 60.5 Å². The summed E-state index contributed by atoms with van der Waals surface area (Å²) < 4.78 is 6.79. The molecule has 244 valence electrons. The molecule has 0 spiro atoms. The second-order valence-electron chi connectivity index (χ2n) is 13.4. The highest BCUT2D eigenvalue weighted by Crippen LogP contribution is 2.44. The van der Waals surface area contributed by atoms with Crippen LogP contribution in [0, 0.1) is 0 Å². The maximum Gasteiger partial charge on any atom is 0.159 e. The average Bonchev–Trinajstić information content (AvgIpc) is 3.59. The summed E-state index contributed by atoms with van der Waals surface area (Å²) in [4.78, 5) is 2.33. The normalized spacial score (nSPS) is 11.5. The van der Waals surface area contributed by atoms with Crippen molar-refractivity contribution in [2.45, 2.75) is 0 Å². The Bertz CT molecular complexity index is 2890. The quantitative estimate of drug-likeness (QED) is 0.176. The SMILES string of the molecule is c1ccc(-c2cccc(N(c3ccc(-c4cc(-c5ccccc5)cc5ccccc45)cc3)c3cccc4c3oc3cc5ccccc5cc34)c2)cc1. The van der Waals surface area contributed by atoms with E-state index in [4.69, 9.17) is 4.42 Å². The van der Waals surface area contributed by atoms with E-state index in [1.165, 1.54) is 49.4 Å². The van der Waals surface area contributed by atoms with Crippen LogP contribution in [0.4, 0.5) is 17.1 Å². The van der Waals surface area contributed by atoms with Crippen molar-refractivity contribution in [2.75, 3.05) is 4.90 Å². The molecule has 9 aromatic carbocycles. The van der Waals surface area contributed by atoms with Gasteiger partial charge in [-0.3, -0.25) is 0 Å². The minimum Gasteiger partial charge on any atom is -0.454 e. The van der Waals surface area contributed by atoms with Gasteiger partial charge in [0.15, 0.2) is 5.58 Å². The van der Waals surface area contributed by atoms with Crippen molar-refractivity contribution in [3.63, 3.8) is 0 Å². The highest BCUT2D eigenvalue weighted by atomic mass is 16.3. The van der Waals surface area contributed by atoms with Crippen LogP contribution in [0.1, 0.15) is 0 Å². The van der Waals surface area contributed by atoms with E-state index in [0.717, 1.165) is 44.6 Å². The molecule has 0 atom stereocenters. The van der Waals surface area contributed by atoms with Crippen molar-refractivity contribution in [1.29, 1.82) is 0 Å². The molecule has 10 aromatic rings. The van der Waals surface area contributed by atoms with Gasteiger partial charge in [-0.15, -0.1) is 0 Å². The standard InChI is InChI=1S/C50H33NO/c1-3-13-34(14-4-1)37-20-11-21-43(30-37)51(48-24-12-23-45-47-31-38-17-7-8-18-39(38)33-49(47)52-50(45)48)42-27-25-36(26-28-42)46-32-41(35-15-5-2-6-16-35)29-40-19-9-10-22-44(40)46/h1-33H. The van der Waals surface area contributed by atoms with Crippen LogP contribution >= 0.6 is 0 Å². The van der Waals surface area contributed by atoms with Crippen LogP contribution in [0.15, 0.2) is 205 Å². The van der Waals surface area contributed by atoms with Crippen LogP contribution in [0.2, 0.25) is 0 Å². The van der Waals surface area contributed by atoms with Gasteiger partial charge in [0.05, 0.1) is 5.69 Å². The number of hydrogen-bond donors (Lipinski definition) is 0. The first-order chi connectivity index (χ1) is 25.8. The molecule has 0 saturated carbocycles. The van der Waals surface area contributed by atoms with Gasteiger partial charge in [0, 0.05) is 22.1 Å². The van der Waals surface area contributed by atoms with Gasteiger partial charge in [-0.25, -0.2) is 0 Å². The number of rotatable bonds is 6. The maximum absolute atomic E-state index is 6.79. The summed E-state index contributed by atoms with van der Waals surface area (Å²) in [5.41, 5.74) is 12.0. The van der Waals surface area contributed by atoms with Crippen molar-refractivity contribution in [1.82, 2.24) is 0 Å². The minimum atomic E-state index is 0.864. The van der Waals surface area contributed by atoms with E-state index in [1.807, 2.05) is 0 Å². The first-order valence-corrected chi connectivity index (χ1v) is 17.8. The lowest BCUT2D eigenvalue weighted by atomic mass is 9.93. The third kappa shape index (κ3) is 5.21. The van der Waals surface area contributed by atoms with Crippen molar-refractivity contribution in [3.05, 3.63) is 200 Å². The molecule has 0 saturated heterocycles. The topological polar surface area (TPSA) is 16.4 Å². The van der Waals surface area contributed by atoms with Crippen molar-refractivity contribution in [3.8, 4) is 33.4 Å². The fraction of sp³-hybridized carbons (Fsp3) is 0. The Morgan fingerprint density at radius 1 is 0.327 bits per heavy atom. The van der Waals surface area contributed by atoms with Gasteiger partial charge in [0.2, 0.25) is 0 Å². The van der Waals surface area contributed by atoms with E-state index in [-0.39, 0.29) is 0 Å². The first kappa shape index (κ1) is 30.0. The van der Waals surface area contributed by atoms with Crippen LogP contribution in [-0.2, 0) is 0 Å². The smallest absolute Gasteiger partial charge is 0.159 e. The summed E-state index contributed by atoms with van der Waals surface area (Å²) in [5.74, 6) is 0. The number of furan rings is 1. The Morgan fingerprint density at radius 3 is 1.71 bits per heavy atom. The van der Waals surface area contributed by atoms with Gasteiger partial charge >= 0.3 is 0 Å². The summed E-state index contributed by atoms with van der Waals surface area (Å²) in [6, 6.07) is 71.7. The van der Waals surface area contributed by atoms with Gasteiger partial charge in [-0.05, 0) is 110 Å². The second kappa shape index (κ2) is 12.5. The molecule has 2 heteroatoms. The maximum atomic E-state index is 6.79. The van der Waals surface area contributed by atoms with Gasteiger partial charge in [-0.1, -0.05) is 146 Å². The lowest BCUT2D eigenvalue weighted by Crippen LogP contribution is -2.10. The molecule has 1 aromatic heterocycles. The molecular formula is C50H33NO. The van der Waals surface area contributed by atoms with Crippen LogP contribution in [0.3, 0.4) is 0 Å². The lowest BCUT2D eigenvalue weighted by molar-refractivity contribution is 0.669. The van der Waals surface area contributed by atoms with Gasteiger partial charge in [-0.2, -0.15) is 0 Å². The van der Waals surface area contributed by atoms with Crippen LogP contribution in [0.5, 0.6) is 0 Å². The van der Waals surface area contributed by atoms with E-state index >= 15 is 0 Å². The van der Waals surface area contributed by atoms with Crippen molar-refractivity contribution in [2.24, 2.45) is 0 Å². The zero-order valence-corrected chi connectivity index (χ0v) is 28.4. The highest BCUT2D eigenvalue weighted by molar-refractivity contribution is 6.14. The largest absolute Gasteiger partial charge is 0.454 e. The highest BCUT2D eigenvalue weighted by Gasteiger charge is 2.20. The minimum absolute atomic E-state index is 0.864. The summed E-state index contributed by atoms with van der Waals surface area (Å²) in [6.07, 6.45) is 0. The first-order valence-electron chi connectivity index (χ1n) is 17.8. The summed E-state index contributed by atoms with van der Waals surface area (Å²) >= 11 is 0. The molecule has 0 amide bonds. The molecular weight excluding hydrogens is 631 g/mol. The molecule has 0 aliphatic carbocycles. The number of nitrogens with zero attached hydrogens (tertiary/aromatic N) is 1. The molecule has 0 N–H and O–H groups in total. The van der Waals surface area contributed by atoms with Gasteiger partial charge in [0.1, 0.15) is 5.58 Å². The molecule has 1 heterocycles. The van der Waals surface area contributed by atoms with E-state index in [1.54, 1.807) is 0 Å². The number of hydrogen-bond acceptors (Lipinski definition) is 2. The zero-order valence-electron chi connectivity index (χ0n) is 28.4. The second-order valence-corrected chi connectivity index (χ2v) is 13.4. The van der Waals surface area contributed by atoms with Gasteiger partial charge < -0.3 is 9.32 Å². The number of fused-ring (bicyclic) bond motifs is 5. The van der Waals surface area contributed by atoms with E-state index in [9.17, 15) is 0 Å². The molecule has 2 nitrogen and oxygen atoms in total. The molecule has 0 fully saturated rings. The Labute approximate surface area is 302 Å². The Kier molecular flexibility index (Phi) is 7.18. The molecule has 0 unspecified atom stereocenters. The van der Waals surface area contributed by atoms with E-state index in [0.29, 0.717) is 0 Å². The molecule has 0 aliphatic heterocycles. The molecule has 0 aliphatic rings. The molecule has 0 radical (unpaired) electrons. The fourth-order valence-electron chi connectivity index (χ4n) is 7.66. The van der Waals surface area contributed by atoms with Crippen molar-refractivity contribution < 1.29 is 4.42 Å². The number of para-hydroxylation sites is 1. The van der Waals surface area contributed by atoms with Crippen LogP contribution in [-0.4, -0.2) is 0 Å². The predicted octanol–water partition coefficient (Wildman–Crippen LogP) is 14.4. The van der Waals surface area contributed by atoms with Gasteiger partial charge in [0.25, 0.3) is 0 Å². The lowest BCUT2D eigenvalue weighted by Gasteiger charge is -2.26. The third-order valence-electron chi connectivity index (χ3n) is 10.2. The molecule has 52 heavy (non-hydrogen) atoms. The van der Waals surface area contributed by atoms with Crippen LogP contribution < -0.4 is 4.90 Å². The predicted molar refractivity (Wildman–Crippen MR) is 220 cm³/mol. The summed E-state index contributed by atoms with van der Waals surface area (Å²) in [7, 11) is 0. The Balaban J connectivity index is 1.16. The molecule has 10 rings (SSSR count). The number of benzene rings is 9. The van der Waals surface area contributed by atoms with Crippen LogP contribution in [0.25, 0.3) is 76.9 Å².